The van der Waals surface area contributed by atoms with Crippen molar-refractivity contribution in [3.05, 3.63) is 59.7 Å². The molecule has 2 N–H and O–H groups in total. The summed E-state index contributed by atoms with van der Waals surface area (Å²) in [4.78, 5) is 12.0. The number of anilines is 1. The fraction of sp³-hybridized carbons (Fsp3) is 0.350. The summed E-state index contributed by atoms with van der Waals surface area (Å²) in [6, 6.07) is 15.7. The van der Waals surface area contributed by atoms with Gasteiger partial charge < -0.3 is 15.4 Å². The molecule has 0 saturated heterocycles. The van der Waals surface area contributed by atoms with E-state index < -0.39 is 0 Å². The summed E-state index contributed by atoms with van der Waals surface area (Å²) in [5, 5.41) is 6.21. The van der Waals surface area contributed by atoms with Crippen molar-refractivity contribution < 1.29 is 9.53 Å². The first-order valence-corrected chi connectivity index (χ1v) is 8.36. The van der Waals surface area contributed by atoms with E-state index in [1.807, 2.05) is 50.2 Å². The molecule has 0 bridgehead atoms. The Bertz CT molecular complexity index is 651. The summed E-state index contributed by atoms with van der Waals surface area (Å²) >= 11 is 0. The van der Waals surface area contributed by atoms with Gasteiger partial charge in [0.1, 0.15) is 5.75 Å². The summed E-state index contributed by atoms with van der Waals surface area (Å²) in [6.45, 7) is 7.49. The van der Waals surface area contributed by atoms with Crippen LogP contribution in [-0.2, 0) is 11.3 Å². The molecule has 0 aromatic heterocycles. The molecule has 0 unspecified atom stereocenters. The molecule has 2 rings (SSSR count). The third-order valence-electron chi connectivity index (χ3n) is 3.62. The number of hydrogen-bond acceptors (Lipinski definition) is 3. The predicted molar refractivity (Wildman–Crippen MR) is 98.3 cm³/mol. The first-order chi connectivity index (χ1) is 11.5. The summed E-state index contributed by atoms with van der Waals surface area (Å²) < 4.78 is 5.58. The van der Waals surface area contributed by atoms with Gasteiger partial charge in [0, 0.05) is 25.2 Å². The van der Waals surface area contributed by atoms with Crippen molar-refractivity contribution in [2.45, 2.75) is 39.8 Å². The second-order valence-electron chi connectivity index (χ2n) is 6.09. The first kappa shape index (κ1) is 18.0. The summed E-state index contributed by atoms with van der Waals surface area (Å²) in [5.41, 5.74) is 3.31. The van der Waals surface area contributed by atoms with Crippen molar-refractivity contribution in [1.29, 1.82) is 0 Å². The molecule has 0 saturated carbocycles. The molecule has 24 heavy (non-hydrogen) atoms. The highest BCUT2D eigenvalue weighted by molar-refractivity contribution is 5.90. The lowest BCUT2D eigenvalue weighted by molar-refractivity contribution is -0.116. The minimum Gasteiger partial charge on any atom is -0.491 e. The fourth-order valence-electron chi connectivity index (χ4n) is 2.35. The lowest BCUT2D eigenvalue weighted by atomic mass is 10.1. The average molecular weight is 326 g/mol. The average Bonchev–Trinajstić information content (AvgIpc) is 2.54. The molecule has 0 aliphatic carbocycles. The molecule has 0 fully saturated rings. The van der Waals surface area contributed by atoms with Crippen molar-refractivity contribution in [3.8, 4) is 5.75 Å². The van der Waals surface area contributed by atoms with E-state index in [-0.39, 0.29) is 12.0 Å². The number of carbonyl (C=O) groups excluding carboxylic acids is 1. The number of carbonyl (C=O) groups is 1. The molecule has 0 spiro atoms. The highest BCUT2D eigenvalue weighted by Gasteiger charge is 2.04. The quantitative estimate of drug-likeness (QED) is 0.723. The van der Waals surface area contributed by atoms with Crippen molar-refractivity contribution in [3.63, 3.8) is 0 Å². The van der Waals surface area contributed by atoms with Crippen LogP contribution in [0.5, 0.6) is 5.75 Å². The number of rotatable bonds is 8. The maximum atomic E-state index is 12.0. The third-order valence-corrected chi connectivity index (χ3v) is 3.62. The molecule has 2 aromatic rings. The number of benzene rings is 2. The Morgan fingerprint density at radius 1 is 1.08 bits per heavy atom. The van der Waals surface area contributed by atoms with E-state index in [1.54, 1.807) is 0 Å². The van der Waals surface area contributed by atoms with Gasteiger partial charge in [-0.15, -0.1) is 0 Å². The molecule has 0 aliphatic rings. The second-order valence-corrected chi connectivity index (χ2v) is 6.09. The molecule has 0 atom stereocenters. The van der Waals surface area contributed by atoms with Gasteiger partial charge in [0.2, 0.25) is 5.91 Å². The smallest absolute Gasteiger partial charge is 0.225 e. The van der Waals surface area contributed by atoms with Crippen molar-refractivity contribution in [2.75, 3.05) is 11.9 Å². The molecule has 0 radical (unpaired) electrons. The summed E-state index contributed by atoms with van der Waals surface area (Å²) in [6.07, 6.45) is 0.584. The van der Waals surface area contributed by atoms with Gasteiger partial charge in [-0.3, -0.25) is 4.79 Å². The van der Waals surface area contributed by atoms with Crippen LogP contribution in [0.2, 0.25) is 0 Å². The second kappa shape index (κ2) is 9.08. The van der Waals surface area contributed by atoms with Crippen LogP contribution in [0, 0.1) is 6.92 Å². The zero-order valence-corrected chi connectivity index (χ0v) is 14.6. The maximum Gasteiger partial charge on any atom is 0.225 e. The molecular weight excluding hydrogens is 300 g/mol. The molecule has 4 heteroatoms. The minimum absolute atomic E-state index is 0.00446. The standard InChI is InChI=1S/C20H26N2O2/c1-15(2)24-19-10-8-18(9-11-19)22-20(23)12-13-21-14-17-7-5-4-6-16(17)3/h4-11,15,21H,12-14H2,1-3H3,(H,22,23). The molecule has 2 aromatic carbocycles. The zero-order valence-electron chi connectivity index (χ0n) is 14.6. The molecule has 128 valence electrons. The van der Waals surface area contributed by atoms with Crippen LogP contribution in [0.1, 0.15) is 31.4 Å². The largest absolute Gasteiger partial charge is 0.491 e. The number of hydrogen-bond donors (Lipinski definition) is 2. The molecule has 0 aliphatic heterocycles. The van der Waals surface area contributed by atoms with Gasteiger partial charge in [-0.05, 0) is 56.2 Å². The Morgan fingerprint density at radius 2 is 1.79 bits per heavy atom. The molecular formula is C20H26N2O2. The Hall–Kier alpha value is -2.33. The molecule has 0 heterocycles. The van der Waals surface area contributed by atoms with E-state index in [0.717, 1.165) is 18.0 Å². The monoisotopic (exact) mass is 326 g/mol. The minimum atomic E-state index is 0.00446. The molecule has 4 nitrogen and oxygen atoms in total. The van der Waals surface area contributed by atoms with Crippen LogP contribution >= 0.6 is 0 Å². The van der Waals surface area contributed by atoms with Gasteiger partial charge in [-0.1, -0.05) is 24.3 Å². The number of aryl methyl sites for hydroxylation is 1. The van der Waals surface area contributed by atoms with Gasteiger partial charge in [0.05, 0.1) is 6.10 Å². The Morgan fingerprint density at radius 3 is 2.46 bits per heavy atom. The van der Waals surface area contributed by atoms with Crippen molar-refractivity contribution >= 4 is 11.6 Å². The topological polar surface area (TPSA) is 50.4 Å². The van der Waals surface area contributed by atoms with Crippen LogP contribution in [0.3, 0.4) is 0 Å². The van der Waals surface area contributed by atoms with Crippen molar-refractivity contribution in [1.82, 2.24) is 5.32 Å². The Balaban J connectivity index is 1.70. The van der Waals surface area contributed by atoms with Gasteiger partial charge in [0.25, 0.3) is 0 Å². The Kier molecular flexibility index (Phi) is 6.82. The number of nitrogens with one attached hydrogen (secondary N) is 2. The van der Waals surface area contributed by atoms with Crippen molar-refractivity contribution in [2.24, 2.45) is 0 Å². The summed E-state index contributed by atoms with van der Waals surface area (Å²) in [7, 11) is 0. The van der Waals surface area contributed by atoms with Gasteiger partial charge in [-0.2, -0.15) is 0 Å². The van der Waals surface area contributed by atoms with Gasteiger partial charge in [-0.25, -0.2) is 0 Å². The maximum absolute atomic E-state index is 12.0. The summed E-state index contributed by atoms with van der Waals surface area (Å²) in [5.74, 6) is 0.813. The van der Waals surface area contributed by atoms with Crippen LogP contribution in [-0.4, -0.2) is 18.6 Å². The van der Waals surface area contributed by atoms with E-state index in [2.05, 4.69) is 29.7 Å². The van der Waals surface area contributed by atoms with Gasteiger partial charge >= 0.3 is 0 Å². The lowest BCUT2D eigenvalue weighted by Crippen LogP contribution is -2.21. The first-order valence-electron chi connectivity index (χ1n) is 8.36. The van der Waals surface area contributed by atoms with E-state index in [9.17, 15) is 4.79 Å². The highest BCUT2D eigenvalue weighted by atomic mass is 16.5. The van der Waals surface area contributed by atoms with E-state index in [4.69, 9.17) is 4.74 Å². The SMILES string of the molecule is Cc1ccccc1CNCCC(=O)Nc1ccc(OC(C)C)cc1. The number of ether oxygens (including phenoxy) is 1. The fourth-order valence-corrected chi connectivity index (χ4v) is 2.35. The number of amides is 1. The van der Waals surface area contributed by atoms with E-state index in [0.29, 0.717) is 13.0 Å². The Labute approximate surface area is 144 Å². The third kappa shape index (κ3) is 6.05. The van der Waals surface area contributed by atoms with Crippen LogP contribution in [0.4, 0.5) is 5.69 Å². The van der Waals surface area contributed by atoms with Gasteiger partial charge in [0.15, 0.2) is 0 Å². The highest BCUT2D eigenvalue weighted by Crippen LogP contribution is 2.17. The van der Waals surface area contributed by atoms with Crippen LogP contribution in [0.15, 0.2) is 48.5 Å². The van der Waals surface area contributed by atoms with Crippen LogP contribution < -0.4 is 15.4 Å². The van der Waals surface area contributed by atoms with E-state index in [1.165, 1.54) is 11.1 Å². The molecule has 1 amide bonds. The normalized spacial score (nSPS) is 10.7. The van der Waals surface area contributed by atoms with Crippen LogP contribution in [0.25, 0.3) is 0 Å². The zero-order chi connectivity index (χ0) is 17.4. The van der Waals surface area contributed by atoms with E-state index >= 15 is 0 Å². The predicted octanol–water partition coefficient (Wildman–Crippen LogP) is 3.90. The lowest BCUT2D eigenvalue weighted by Gasteiger charge is -2.11.